The van der Waals surface area contributed by atoms with Crippen LogP contribution in [0.3, 0.4) is 0 Å². The van der Waals surface area contributed by atoms with Crippen LogP contribution in [0.1, 0.15) is 63.6 Å². The van der Waals surface area contributed by atoms with Crippen molar-refractivity contribution >= 4 is 11.6 Å². The van der Waals surface area contributed by atoms with Gasteiger partial charge in [-0.2, -0.15) is 0 Å². The van der Waals surface area contributed by atoms with Crippen molar-refractivity contribution < 1.29 is 0 Å². The topological polar surface area (TPSA) is 49.8 Å². The Balaban J connectivity index is 1.51. The van der Waals surface area contributed by atoms with Crippen LogP contribution in [0.5, 0.6) is 0 Å². The summed E-state index contributed by atoms with van der Waals surface area (Å²) in [6, 6.07) is 2.75. The zero-order chi connectivity index (χ0) is 14.2. The highest BCUT2D eigenvalue weighted by atomic mass is 15.1. The van der Waals surface area contributed by atoms with Crippen LogP contribution in [0.15, 0.2) is 6.07 Å². The molecule has 4 nitrogen and oxygen atoms in total. The Hall–Kier alpha value is -1.32. The van der Waals surface area contributed by atoms with Crippen LogP contribution in [-0.4, -0.2) is 22.6 Å². The Kier molecular flexibility index (Phi) is 3.48. The van der Waals surface area contributed by atoms with Crippen molar-refractivity contribution in [2.24, 2.45) is 11.8 Å². The summed E-state index contributed by atoms with van der Waals surface area (Å²) >= 11 is 0. The minimum absolute atomic E-state index is 0.606. The van der Waals surface area contributed by atoms with E-state index < -0.39 is 0 Å². The Morgan fingerprint density at radius 3 is 2.62 bits per heavy atom. The molecular weight excluding hydrogens is 260 g/mol. The smallest absolute Gasteiger partial charge is 0.136 e. The normalized spacial score (nSPS) is 30.6. The van der Waals surface area contributed by atoms with Crippen molar-refractivity contribution in [3.8, 4) is 0 Å². The molecule has 114 valence electrons. The first-order valence-electron chi connectivity index (χ1n) is 8.71. The van der Waals surface area contributed by atoms with Crippen LogP contribution in [0, 0.1) is 11.8 Å². The number of rotatable bonds is 6. The van der Waals surface area contributed by atoms with Gasteiger partial charge in [-0.15, -0.1) is 0 Å². The van der Waals surface area contributed by atoms with Crippen LogP contribution in [0.2, 0.25) is 0 Å². The van der Waals surface area contributed by atoms with Gasteiger partial charge in [0.1, 0.15) is 17.5 Å². The van der Waals surface area contributed by atoms with E-state index in [0.29, 0.717) is 12.0 Å². The molecular formula is C17H26N4. The maximum absolute atomic E-state index is 4.79. The molecule has 3 fully saturated rings. The van der Waals surface area contributed by atoms with E-state index in [1.807, 2.05) is 0 Å². The van der Waals surface area contributed by atoms with Crippen LogP contribution < -0.4 is 10.6 Å². The predicted octanol–water partition coefficient (Wildman–Crippen LogP) is 3.78. The van der Waals surface area contributed by atoms with Crippen molar-refractivity contribution in [1.29, 1.82) is 0 Å². The van der Waals surface area contributed by atoms with E-state index in [1.165, 1.54) is 38.5 Å². The van der Waals surface area contributed by atoms with E-state index in [1.54, 1.807) is 0 Å². The molecule has 2 N–H and O–H groups in total. The quantitative estimate of drug-likeness (QED) is 0.835. The van der Waals surface area contributed by atoms with Gasteiger partial charge in [-0.05, 0) is 50.4 Å². The highest BCUT2D eigenvalue weighted by molar-refractivity contribution is 5.49. The van der Waals surface area contributed by atoms with Crippen molar-refractivity contribution in [3.05, 3.63) is 11.9 Å². The van der Waals surface area contributed by atoms with E-state index in [4.69, 9.17) is 9.97 Å². The summed E-state index contributed by atoms with van der Waals surface area (Å²) in [6.07, 6.45) is 9.25. The van der Waals surface area contributed by atoms with Gasteiger partial charge < -0.3 is 10.6 Å². The summed E-state index contributed by atoms with van der Waals surface area (Å²) in [5.41, 5.74) is 0. The van der Waals surface area contributed by atoms with Crippen LogP contribution in [0.25, 0.3) is 0 Å². The third-order valence-electron chi connectivity index (χ3n) is 5.31. The minimum Gasteiger partial charge on any atom is -0.370 e. The van der Waals surface area contributed by atoms with E-state index in [9.17, 15) is 0 Å². The Morgan fingerprint density at radius 2 is 1.95 bits per heavy atom. The lowest BCUT2D eigenvalue weighted by atomic mass is 9.95. The Morgan fingerprint density at radius 1 is 1.10 bits per heavy atom. The highest BCUT2D eigenvalue weighted by Crippen LogP contribution is 2.45. The number of aromatic nitrogens is 2. The second-order valence-electron chi connectivity index (χ2n) is 7.12. The third-order valence-corrected chi connectivity index (χ3v) is 5.31. The van der Waals surface area contributed by atoms with Gasteiger partial charge in [-0.1, -0.05) is 13.3 Å². The van der Waals surface area contributed by atoms with Gasteiger partial charge in [0.15, 0.2) is 0 Å². The third kappa shape index (κ3) is 2.85. The van der Waals surface area contributed by atoms with Gasteiger partial charge in [0, 0.05) is 24.6 Å². The maximum atomic E-state index is 4.79. The fourth-order valence-electron chi connectivity index (χ4n) is 4.02. The zero-order valence-corrected chi connectivity index (χ0v) is 12.9. The number of hydrogen-bond donors (Lipinski definition) is 2. The fraction of sp³-hybridized carbons (Fsp3) is 0.765. The number of anilines is 2. The zero-order valence-electron chi connectivity index (χ0n) is 12.9. The molecule has 3 saturated carbocycles. The van der Waals surface area contributed by atoms with E-state index >= 15 is 0 Å². The second-order valence-corrected chi connectivity index (χ2v) is 7.12. The molecule has 0 aliphatic heterocycles. The molecule has 4 heteroatoms. The summed E-state index contributed by atoms with van der Waals surface area (Å²) in [4.78, 5) is 9.48. The summed E-state index contributed by atoms with van der Waals surface area (Å²) in [5, 5.41) is 7.15. The average Bonchev–Trinajstić information content (AvgIpc) is 3.15. The van der Waals surface area contributed by atoms with Crippen LogP contribution in [0.4, 0.5) is 11.6 Å². The first-order valence-corrected chi connectivity index (χ1v) is 8.71. The molecule has 0 amide bonds. The molecule has 1 aromatic heterocycles. The monoisotopic (exact) mass is 286 g/mol. The maximum Gasteiger partial charge on any atom is 0.136 e. The Labute approximate surface area is 127 Å². The van der Waals surface area contributed by atoms with Gasteiger partial charge in [0.2, 0.25) is 0 Å². The van der Waals surface area contributed by atoms with Crippen molar-refractivity contribution in [2.45, 2.75) is 63.8 Å². The highest BCUT2D eigenvalue weighted by Gasteiger charge is 2.39. The molecule has 1 heterocycles. The van der Waals surface area contributed by atoms with Gasteiger partial charge in [0.25, 0.3) is 0 Å². The summed E-state index contributed by atoms with van der Waals surface area (Å²) in [6.45, 7) is 3.17. The molecule has 1 aromatic rings. The molecule has 0 spiro atoms. The number of hydrogen-bond acceptors (Lipinski definition) is 4. The van der Waals surface area contributed by atoms with Crippen LogP contribution >= 0.6 is 0 Å². The number of nitrogens with zero attached hydrogens (tertiary/aromatic N) is 2. The molecule has 21 heavy (non-hydrogen) atoms. The predicted molar refractivity (Wildman–Crippen MR) is 85.6 cm³/mol. The summed E-state index contributed by atoms with van der Waals surface area (Å²) < 4.78 is 0. The van der Waals surface area contributed by atoms with Crippen molar-refractivity contribution in [3.63, 3.8) is 0 Å². The molecule has 0 saturated heterocycles. The number of fused-ring (bicyclic) bond motifs is 2. The molecule has 3 unspecified atom stereocenters. The van der Waals surface area contributed by atoms with Gasteiger partial charge in [0.05, 0.1) is 0 Å². The molecule has 4 rings (SSSR count). The summed E-state index contributed by atoms with van der Waals surface area (Å²) in [7, 11) is 0. The van der Waals surface area contributed by atoms with E-state index in [0.717, 1.165) is 42.3 Å². The van der Waals surface area contributed by atoms with Crippen LogP contribution in [-0.2, 0) is 0 Å². The standard InChI is InChI=1S/C17H26N4/c1-2-7-18-15-10-16(21-17(20-15)12-5-6-12)19-14-9-11-3-4-13(14)8-11/h10-14H,2-9H2,1H3,(H2,18,19,20,21). The minimum atomic E-state index is 0.606. The number of nitrogens with one attached hydrogen (secondary N) is 2. The first-order chi connectivity index (χ1) is 10.3. The molecule has 2 bridgehead atoms. The van der Waals surface area contributed by atoms with Crippen molar-refractivity contribution in [2.75, 3.05) is 17.2 Å². The molecule has 3 aliphatic rings. The van der Waals surface area contributed by atoms with Crippen molar-refractivity contribution in [1.82, 2.24) is 9.97 Å². The van der Waals surface area contributed by atoms with Gasteiger partial charge >= 0.3 is 0 Å². The van der Waals surface area contributed by atoms with E-state index in [-0.39, 0.29) is 0 Å². The fourth-order valence-corrected chi connectivity index (χ4v) is 4.02. The van der Waals surface area contributed by atoms with E-state index in [2.05, 4.69) is 23.6 Å². The lowest BCUT2D eigenvalue weighted by molar-refractivity contribution is 0.439. The second kappa shape index (κ2) is 5.47. The van der Waals surface area contributed by atoms with Gasteiger partial charge in [-0.25, -0.2) is 9.97 Å². The summed E-state index contributed by atoms with van der Waals surface area (Å²) in [5.74, 6) is 5.54. The molecule has 0 radical (unpaired) electrons. The average molecular weight is 286 g/mol. The lowest BCUT2D eigenvalue weighted by Crippen LogP contribution is -2.26. The molecule has 0 aromatic carbocycles. The Bertz CT molecular complexity index is 512. The first kappa shape index (κ1) is 13.4. The molecule has 3 aliphatic carbocycles. The SMILES string of the molecule is CCCNc1cc(NC2CC3CCC2C3)nc(C2CC2)n1. The largest absolute Gasteiger partial charge is 0.370 e. The molecule has 3 atom stereocenters. The van der Waals surface area contributed by atoms with Gasteiger partial charge in [-0.3, -0.25) is 0 Å². The lowest BCUT2D eigenvalue weighted by Gasteiger charge is -2.24.